The van der Waals surface area contributed by atoms with E-state index in [4.69, 9.17) is 9.26 Å². The molecule has 1 N–H and O–H groups in total. The van der Waals surface area contributed by atoms with E-state index in [-0.39, 0.29) is 5.91 Å². The molecule has 0 aliphatic heterocycles. The molecule has 0 aliphatic rings. The number of hydrogen-bond acceptors (Lipinski definition) is 6. The third-order valence-electron chi connectivity index (χ3n) is 3.40. The van der Waals surface area contributed by atoms with Crippen molar-refractivity contribution < 1.29 is 14.1 Å². The van der Waals surface area contributed by atoms with Gasteiger partial charge in [0.25, 0.3) is 5.91 Å². The first-order valence-corrected chi connectivity index (χ1v) is 8.60. The summed E-state index contributed by atoms with van der Waals surface area (Å²) in [6.45, 7) is 1.77. The number of amides is 1. The van der Waals surface area contributed by atoms with Gasteiger partial charge >= 0.3 is 0 Å². The molecule has 1 amide bonds. The molecule has 1 aromatic heterocycles. The van der Waals surface area contributed by atoms with Crippen molar-refractivity contribution in [1.82, 2.24) is 10.1 Å². The molecule has 0 unspecified atom stereocenters. The predicted molar refractivity (Wildman–Crippen MR) is 96.0 cm³/mol. The molecular formula is C18H17N3O3S. The molecule has 0 bridgehead atoms. The Bertz CT molecular complexity index is 862. The van der Waals surface area contributed by atoms with Gasteiger partial charge in [0, 0.05) is 10.6 Å². The van der Waals surface area contributed by atoms with Crippen molar-refractivity contribution in [2.45, 2.75) is 17.6 Å². The summed E-state index contributed by atoms with van der Waals surface area (Å²) in [6.07, 6.45) is 0. The van der Waals surface area contributed by atoms with Crippen molar-refractivity contribution in [1.29, 1.82) is 0 Å². The zero-order valence-corrected chi connectivity index (χ0v) is 14.7. The molecule has 1 heterocycles. The molecule has 0 spiro atoms. The van der Waals surface area contributed by atoms with Gasteiger partial charge in [0.1, 0.15) is 5.75 Å². The van der Waals surface area contributed by atoms with Crippen molar-refractivity contribution >= 4 is 23.4 Å². The molecule has 3 aromatic rings. The summed E-state index contributed by atoms with van der Waals surface area (Å²) in [7, 11) is 1.60. The molecule has 3 rings (SSSR count). The van der Waals surface area contributed by atoms with Crippen LogP contribution in [0, 0.1) is 6.92 Å². The lowest BCUT2D eigenvalue weighted by Gasteiger charge is -2.09. The monoisotopic (exact) mass is 355 g/mol. The average Bonchev–Trinajstić information content (AvgIpc) is 3.06. The molecule has 25 heavy (non-hydrogen) atoms. The molecule has 0 aliphatic carbocycles. The second kappa shape index (κ2) is 7.85. The number of carbonyl (C=O) groups excluding carboxylic acids is 1. The first-order valence-electron chi connectivity index (χ1n) is 7.62. The predicted octanol–water partition coefficient (Wildman–Crippen LogP) is 3.93. The van der Waals surface area contributed by atoms with Gasteiger partial charge in [-0.15, -0.1) is 11.8 Å². The Balaban J connectivity index is 1.71. The van der Waals surface area contributed by atoms with Gasteiger partial charge in [0.05, 0.1) is 18.4 Å². The maximum atomic E-state index is 12.6. The third kappa shape index (κ3) is 4.39. The standard InChI is InChI=1S/C18H17N3O3S/c1-12-19-17(24-21-12)11-25-16-6-4-3-5-15(16)18(22)20-13-7-9-14(23-2)10-8-13/h3-10H,11H2,1-2H3,(H,20,22). The summed E-state index contributed by atoms with van der Waals surface area (Å²) in [5.41, 5.74) is 1.30. The van der Waals surface area contributed by atoms with Gasteiger partial charge < -0.3 is 14.6 Å². The fourth-order valence-corrected chi connectivity index (χ4v) is 3.08. The lowest BCUT2D eigenvalue weighted by atomic mass is 10.2. The molecule has 0 saturated carbocycles. The zero-order chi connectivity index (χ0) is 17.6. The van der Waals surface area contributed by atoms with Crippen LogP contribution in [0.25, 0.3) is 0 Å². The summed E-state index contributed by atoms with van der Waals surface area (Å²) in [6, 6.07) is 14.6. The molecule has 0 radical (unpaired) electrons. The average molecular weight is 355 g/mol. The second-order valence-electron chi connectivity index (χ2n) is 5.20. The molecule has 0 fully saturated rings. The molecule has 0 atom stereocenters. The van der Waals surface area contributed by atoms with Crippen LogP contribution in [0.3, 0.4) is 0 Å². The van der Waals surface area contributed by atoms with Gasteiger partial charge in [0.15, 0.2) is 5.82 Å². The van der Waals surface area contributed by atoms with Gasteiger partial charge in [-0.2, -0.15) is 4.98 Å². The van der Waals surface area contributed by atoms with Crippen LogP contribution in [0.15, 0.2) is 57.9 Å². The number of rotatable bonds is 6. The number of ether oxygens (including phenoxy) is 1. The Morgan fingerprint density at radius 2 is 1.96 bits per heavy atom. The number of aromatic nitrogens is 2. The van der Waals surface area contributed by atoms with Gasteiger partial charge in [-0.25, -0.2) is 0 Å². The summed E-state index contributed by atoms with van der Waals surface area (Å²) in [5, 5.41) is 6.66. The van der Waals surface area contributed by atoms with E-state index >= 15 is 0 Å². The quantitative estimate of drug-likeness (QED) is 0.675. The van der Waals surface area contributed by atoms with Crippen molar-refractivity contribution in [3.8, 4) is 5.75 Å². The lowest BCUT2D eigenvalue weighted by Crippen LogP contribution is -2.12. The number of anilines is 1. The molecule has 6 nitrogen and oxygen atoms in total. The van der Waals surface area contributed by atoms with E-state index in [2.05, 4.69) is 15.5 Å². The van der Waals surface area contributed by atoms with Crippen molar-refractivity contribution in [2.75, 3.05) is 12.4 Å². The van der Waals surface area contributed by atoms with Crippen LogP contribution in [-0.4, -0.2) is 23.2 Å². The molecule has 2 aromatic carbocycles. The lowest BCUT2D eigenvalue weighted by molar-refractivity contribution is 0.102. The number of aryl methyl sites for hydroxylation is 1. The van der Waals surface area contributed by atoms with Crippen LogP contribution < -0.4 is 10.1 Å². The first-order chi connectivity index (χ1) is 12.2. The number of hydrogen-bond donors (Lipinski definition) is 1. The van der Waals surface area contributed by atoms with E-state index in [0.717, 1.165) is 10.6 Å². The zero-order valence-electron chi connectivity index (χ0n) is 13.9. The van der Waals surface area contributed by atoms with E-state index in [1.165, 1.54) is 11.8 Å². The summed E-state index contributed by atoms with van der Waals surface area (Å²) in [4.78, 5) is 17.6. The molecular weight excluding hydrogens is 338 g/mol. The normalized spacial score (nSPS) is 10.5. The highest BCUT2D eigenvalue weighted by Gasteiger charge is 2.13. The number of thioether (sulfide) groups is 1. The maximum absolute atomic E-state index is 12.6. The number of nitrogens with one attached hydrogen (secondary N) is 1. The van der Waals surface area contributed by atoms with E-state index in [1.54, 1.807) is 44.4 Å². The number of methoxy groups -OCH3 is 1. The summed E-state index contributed by atoms with van der Waals surface area (Å²) in [5.74, 6) is 2.21. The van der Waals surface area contributed by atoms with Gasteiger partial charge in [-0.05, 0) is 43.3 Å². The molecule has 128 valence electrons. The highest BCUT2D eigenvalue weighted by molar-refractivity contribution is 7.98. The highest BCUT2D eigenvalue weighted by Crippen LogP contribution is 2.26. The highest BCUT2D eigenvalue weighted by atomic mass is 32.2. The van der Waals surface area contributed by atoms with Crippen molar-refractivity contribution in [2.24, 2.45) is 0 Å². The van der Waals surface area contributed by atoms with Crippen LogP contribution >= 0.6 is 11.8 Å². The maximum Gasteiger partial charge on any atom is 0.256 e. The summed E-state index contributed by atoms with van der Waals surface area (Å²) >= 11 is 1.48. The Labute approximate surface area is 149 Å². The largest absolute Gasteiger partial charge is 0.497 e. The first kappa shape index (κ1) is 17.0. The second-order valence-corrected chi connectivity index (χ2v) is 6.22. The van der Waals surface area contributed by atoms with E-state index < -0.39 is 0 Å². The van der Waals surface area contributed by atoms with E-state index in [9.17, 15) is 4.79 Å². The van der Waals surface area contributed by atoms with Crippen LogP contribution in [0.2, 0.25) is 0 Å². The number of benzene rings is 2. The van der Waals surface area contributed by atoms with Crippen molar-refractivity contribution in [3.63, 3.8) is 0 Å². The Morgan fingerprint density at radius 1 is 1.20 bits per heavy atom. The number of carbonyl (C=O) groups is 1. The summed E-state index contributed by atoms with van der Waals surface area (Å²) < 4.78 is 10.2. The van der Waals surface area contributed by atoms with Gasteiger partial charge in [-0.3, -0.25) is 4.79 Å². The topological polar surface area (TPSA) is 77.2 Å². The fraction of sp³-hybridized carbons (Fsp3) is 0.167. The SMILES string of the molecule is COc1ccc(NC(=O)c2ccccc2SCc2nc(C)no2)cc1. The minimum Gasteiger partial charge on any atom is -0.497 e. The molecule has 7 heteroatoms. The third-order valence-corrected chi connectivity index (χ3v) is 4.46. The van der Waals surface area contributed by atoms with Crippen LogP contribution in [0.5, 0.6) is 5.75 Å². The van der Waals surface area contributed by atoms with E-state index in [1.807, 2.05) is 18.2 Å². The van der Waals surface area contributed by atoms with E-state index in [0.29, 0.717) is 28.7 Å². The molecule has 0 saturated heterocycles. The van der Waals surface area contributed by atoms with Gasteiger partial charge in [-0.1, -0.05) is 17.3 Å². The van der Waals surface area contributed by atoms with Crippen molar-refractivity contribution in [3.05, 3.63) is 65.8 Å². The van der Waals surface area contributed by atoms with Crippen LogP contribution in [-0.2, 0) is 5.75 Å². The van der Waals surface area contributed by atoms with Gasteiger partial charge in [0.2, 0.25) is 5.89 Å². The Kier molecular flexibility index (Phi) is 5.35. The van der Waals surface area contributed by atoms with Crippen LogP contribution in [0.1, 0.15) is 22.1 Å². The minimum atomic E-state index is -0.171. The minimum absolute atomic E-state index is 0.171. The fourth-order valence-electron chi connectivity index (χ4n) is 2.19. The van der Waals surface area contributed by atoms with Crippen LogP contribution in [0.4, 0.5) is 5.69 Å². The Morgan fingerprint density at radius 3 is 2.64 bits per heavy atom. The smallest absolute Gasteiger partial charge is 0.256 e. The Hall–Kier alpha value is -2.80. The number of nitrogens with zero attached hydrogens (tertiary/aromatic N) is 2.